The Morgan fingerprint density at radius 3 is 2.33 bits per heavy atom. The molecule has 0 unspecified atom stereocenters. The summed E-state index contributed by atoms with van der Waals surface area (Å²) in [5.74, 6) is -0.635. The van der Waals surface area contributed by atoms with Gasteiger partial charge in [0, 0.05) is 6.07 Å². The molecule has 2 aromatic carbocycles. The van der Waals surface area contributed by atoms with Gasteiger partial charge in [-0.1, -0.05) is 18.2 Å². The number of aliphatic hydroxyl groups is 4. The first-order valence-corrected chi connectivity index (χ1v) is 9.12. The molecule has 1 aliphatic heterocycles. The summed E-state index contributed by atoms with van der Waals surface area (Å²) in [6.45, 7) is -0.556. The summed E-state index contributed by atoms with van der Waals surface area (Å²) in [5, 5.41) is 57.8. The Balaban J connectivity index is 1.65. The van der Waals surface area contributed by atoms with Gasteiger partial charge < -0.3 is 40.1 Å². The van der Waals surface area contributed by atoms with Crippen LogP contribution in [0.15, 0.2) is 48.5 Å². The molecule has 9 heteroatoms. The molecule has 0 spiro atoms. The van der Waals surface area contributed by atoms with Gasteiger partial charge >= 0.3 is 0 Å². The average Bonchev–Trinajstić information content (AvgIpc) is 2.73. The van der Waals surface area contributed by atoms with Crippen molar-refractivity contribution in [2.75, 3.05) is 6.61 Å². The van der Waals surface area contributed by atoms with Gasteiger partial charge in [0.25, 0.3) is 0 Å². The van der Waals surface area contributed by atoms with Crippen molar-refractivity contribution in [3.63, 3.8) is 0 Å². The normalized spacial score (nSPS) is 26.6. The molecule has 0 aromatic heterocycles. The maximum atomic E-state index is 12.2. The van der Waals surface area contributed by atoms with Crippen molar-refractivity contribution < 1.29 is 44.9 Å². The largest absolute Gasteiger partial charge is 0.508 e. The van der Waals surface area contributed by atoms with Crippen LogP contribution in [0, 0.1) is 0 Å². The highest BCUT2D eigenvalue weighted by Crippen LogP contribution is 2.25. The quantitative estimate of drug-likeness (QED) is 0.284. The number of phenolic OH excluding ortho intramolecular Hbond substituents is 2. The Morgan fingerprint density at radius 2 is 1.70 bits per heavy atom. The monoisotopic (exact) mass is 418 g/mol. The average molecular weight is 418 g/mol. The van der Waals surface area contributed by atoms with Gasteiger partial charge in [-0.3, -0.25) is 4.79 Å². The van der Waals surface area contributed by atoms with E-state index in [1.54, 1.807) is 24.3 Å². The van der Waals surface area contributed by atoms with Crippen LogP contribution in [0.5, 0.6) is 17.2 Å². The molecule has 6 N–H and O–H groups in total. The number of ketones is 1. The van der Waals surface area contributed by atoms with E-state index < -0.39 is 43.1 Å². The highest BCUT2D eigenvalue weighted by atomic mass is 16.7. The first-order valence-electron chi connectivity index (χ1n) is 9.12. The predicted octanol–water partition coefficient (Wildman–Crippen LogP) is 0.173. The van der Waals surface area contributed by atoms with Gasteiger partial charge in [-0.25, -0.2) is 0 Å². The molecule has 0 radical (unpaired) electrons. The van der Waals surface area contributed by atoms with Gasteiger partial charge in [0.2, 0.25) is 6.29 Å². The Kier molecular flexibility index (Phi) is 6.70. The third kappa shape index (κ3) is 4.78. The molecule has 0 bridgehead atoms. The lowest BCUT2D eigenvalue weighted by Gasteiger charge is -2.39. The highest BCUT2D eigenvalue weighted by Gasteiger charge is 2.44. The van der Waals surface area contributed by atoms with Crippen LogP contribution in [-0.4, -0.2) is 73.7 Å². The minimum Gasteiger partial charge on any atom is -0.508 e. The molecule has 1 heterocycles. The molecule has 160 valence electrons. The number of phenols is 2. The third-order valence-corrected chi connectivity index (χ3v) is 4.65. The molecule has 5 atom stereocenters. The lowest BCUT2D eigenvalue weighted by atomic mass is 9.99. The molecule has 9 nitrogen and oxygen atoms in total. The second-order valence-corrected chi connectivity index (χ2v) is 6.78. The van der Waals surface area contributed by atoms with Crippen LogP contribution in [-0.2, 0) is 4.74 Å². The fourth-order valence-corrected chi connectivity index (χ4v) is 2.95. The van der Waals surface area contributed by atoms with Crippen LogP contribution < -0.4 is 4.74 Å². The zero-order valence-corrected chi connectivity index (χ0v) is 15.7. The second kappa shape index (κ2) is 9.24. The van der Waals surface area contributed by atoms with Gasteiger partial charge in [-0.05, 0) is 35.9 Å². The number of aliphatic hydroxyl groups excluding tert-OH is 4. The van der Waals surface area contributed by atoms with Crippen LogP contribution in [0.3, 0.4) is 0 Å². The smallest absolute Gasteiger partial charge is 0.229 e. The van der Waals surface area contributed by atoms with Gasteiger partial charge in [-0.2, -0.15) is 0 Å². The van der Waals surface area contributed by atoms with E-state index in [9.17, 15) is 35.4 Å². The number of hydrogen-bond acceptors (Lipinski definition) is 9. The third-order valence-electron chi connectivity index (χ3n) is 4.65. The standard InChI is InChI=1S/C21H22O9/c22-10-17-18(26)19(27)20(28)21(30-17)29-13-5-1-11(2-6-13)3-8-15(24)14-7-4-12(23)9-16(14)25/h1-9,17-23,25-28H,10H2/t17-,18-,19-,20-,21-/m0/s1. The molecule has 0 amide bonds. The van der Waals surface area contributed by atoms with E-state index >= 15 is 0 Å². The Bertz CT molecular complexity index is 907. The van der Waals surface area contributed by atoms with Crippen molar-refractivity contribution in [1.29, 1.82) is 0 Å². The van der Waals surface area contributed by atoms with Crippen molar-refractivity contribution in [2.24, 2.45) is 0 Å². The van der Waals surface area contributed by atoms with E-state index in [0.29, 0.717) is 11.3 Å². The van der Waals surface area contributed by atoms with Gasteiger partial charge in [0.15, 0.2) is 5.78 Å². The molecule has 0 saturated carbocycles. The summed E-state index contributed by atoms with van der Waals surface area (Å²) >= 11 is 0. The first-order chi connectivity index (χ1) is 14.3. The maximum Gasteiger partial charge on any atom is 0.229 e. The summed E-state index contributed by atoms with van der Waals surface area (Å²) in [4.78, 5) is 12.2. The SMILES string of the molecule is O=C(C=Cc1ccc(O[C@H]2O[C@@H](CO)[C@H](O)[C@H](O)[C@@H]2O)cc1)c1ccc(O)cc1O. The first kappa shape index (κ1) is 21.8. The van der Waals surface area contributed by atoms with Gasteiger partial charge in [-0.15, -0.1) is 0 Å². The minimum absolute atomic E-state index is 0.0478. The number of carbonyl (C=O) groups is 1. The van der Waals surface area contributed by atoms with E-state index in [0.717, 1.165) is 6.07 Å². The molecule has 30 heavy (non-hydrogen) atoms. The van der Waals surface area contributed by atoms with Crippen LogP contribution in [0.4, 0.5) is 0 Å². The van der Waals surface area contributed by atoms with Crippen LogP contribution in [0.25, 0.3) is 6.08 Å². The van der Waals surface area contributed by atoms with Crippen molar-refractivity contribution >= 4 is 11.9 Å². The molecule has 1 fully saturated rings. The van der Waals surface area contributed by atoms with Crippen molar-refractivity contribution in [3.05, 3.63) is 59.7 Å². The molecule has 3 rings (SSSR count). The molecule has 1 aliphatic rings. The highest BCUT2D eigenvalue weighted by molar-refractivity contribution is 6.08. The van der Waals surface area contributed by atoms with Crippen LogP contribution in [0.2, 0.25) is 0 Å². The van der Waals surface area contributed by atoms with Crippen molar-refractivity contribution in [3.8, 4) is 17.2 Å². The van der Waals surface area contributed by atoms with Crippen molar-refractivity contribution in [1.82, 2.24) is 0 Å². The number of benzene rings is 2. The van der Waals surface area contributed by atoms with Crippen LogP contribution >= 0.6 is 0 Å². The maximum absolute atomic E-state index is 12.2. The van der Waals surface area contributed by atoms with E-state index in [-0.39, 0.29) is 17.1 Å². The molecule has 1 saturated heterocycles. The summed E-state index contributed by atoms with van der Waals surface area (Å²) in [7, 11) is 0. The van der Waals surface area contributed by atoms with Gasteiger partial charge in [0.1, 0.15) is 41.7 Å². The summed E-state index contributed by atoms with van der Waals surface area (Å²) < 4.78 is 10.8. The van der Waals surface area contributed by atoms with Crippen LogP contribution in [0.1, 0.15) is 15.9 Å². The molecular formula is C21H22O9. The lowest BCUT2D eigenvalue weighted by Crippen LogP contribution is -2.60. The van der Waals surface area contributed by atoms with E-state index in [1.165, 1.54) is 24.3 Å². The fourth-order valence-electron chi connectivity index (χ4n) is 2.95. The Morgan fingerprint density at radius 1 is 1.00 bits per heavy atom. The number of allylic oxidation sites excluding steroid dienone is 1. The number of carbonyl (C=O) groups excluding carboxylic acids is 1. The Hall–Kier alpha value is -2.95. The molecule has 0 aliphatic carbocycles. The van der Waals surface area contributed by atoms with E-state index in [2.05, 4.69) is 0 Å². The topological polar surface area (TPSA) is 157 Å². The summed E-state index contributed by atoms with van der Waals surface area (Å²) in [6, 6.07) is 10.0. The number of rotatable bonds is 6. The summed E-state index contributed by atoms with van der Waals surface area (Å²) in [6.07, 6.45) is -4.10. The second-order valence-electron chi connectivity index (χ2n) is 6.78. The van der Waals surface area contributed by atoms with E-state index in [4.69, 9.17) is 9.47 Å². The minimum atomic E-state index is -1.54. The summed E-state index contributed by atoms with van der Waals surface area (Å²) in [5.41, 5.74) is 0.689. The molecule has 2 aromatic rings. The van der Waals surface area contributed by atoms with Crippen molar-refractivity contribution in [2.45, 2.75) is 30.7 Å². The fraction of sp³-hybridized carbons (Fsp3) is 0.286. The zero-order chi connectivity index (χ0) is 21.8. The number of ether oxygens (including phenoxy) is 2. The van der Waals surface area contributed by atoms with E-state index in [1.807, 2.05) is 0 Å². The number of hydrogen-bond donors (Lipinski definition) is 6. The molecular weight excluding hydrogens is 396 g/mol. The van der Waals surface area contributed by atoms with Gasteiger partial charge in [0.05, 0.1) is 12.2 Å². The lowest BCUT2D eigenvalue weighted by molar-refractivity contribution is -0.277. The Labute approximate surface area is 171 Å². The zero-order valence-electron chi connectivity index (χ0n) is 15.7. The predicted molar refractivity (Wildman–Crippen MR) is 104 cm³/mol. The number of aromatic hydroxyl groups is 2.